The number of amides is 1. The summed E-state index contributed by atoms with van der Waals surface area (Å²) in [4.78, 5) is 26.2. The molecule has 1 aromatic rings. The molecule has 0 aromatic heterocycles. The summed E-state index contributed by atoms with van der Waals surface area (Å²) in [6.07, 6.45) is 3.42. The van der Waals surface area contributed by atoms with E-state index in [9.17, 15) is 14.7 Å². The Morgan fingerprint density at radius 3 is 2.48 bits per heavy atom. The van der Waals surface area contributed by atoms with Gasteiger partial charge in [0.25, 0.3) is 0 Å². The molecule has 0 radical (unpaired) electrons. The van der Waals surface area contributed by atoms with Gasteiger partial charge in [0.1, 0.15) is 6.04 Å². The first kappa shape index (κ1) is 14.1. The first-order chi connectivity index (χ1) is 10.1. The van der Waals surface area contributed by atoms with E-state index in [1.54, 1.807) is 4.90 Å². The van der Waals surface area contributed by atoms with Crippen molar-refractivity contribution in [3.8, 4) is 0 Å². The van der Waals surface area contributed by atoms with Gasteiger partial charge >= 0.3 is 5.97 Å². The van der Waals surface area contributed by atoms with E-state index in [-0.39, 0.29) is 11.8 Å². The van der Waals surface area contributed by atoms with Crippen molar-refractivity contribution in [1.82, 2.24) is 4.90 Å². The molecule has 2 unspecified atom stereocenters. The quantitative estimate of drug-likeness (QED) is 0.929. The Morgan fingerprint density at radius 1 is 1.24 bits per heavy atom. The lowest BCUT2D eigenvalue weighted by Gasteiger charge is -2.39. The summed E-state index contributed by atoms with van der Waals surface area (Å²) < 4.78 is 0. The van der Waals surface area contributed by atoms with Crippen molar-refractivity contribution in [2.75, 3.05) is 6.54 Å². The average Bonchev–Trinajstić information content (AvgIpc) is 3.28. The van der Waals surface area contributed by atoms with Gasteiger partial charge in [-0.05, 0) is 37.2 Å². The topological polar surface area (TPSA) is 57.6 Å². The predicted octanol–water partition coefficient (Wildman–Crippen LogP) is 2.43. The molecule has 1 aromatic carbocycles. The van der Waals surface area contributed by atoms with Crippen molar-refractivity contribution in [1.29, 1.82) is 0 Å². The fraction of sp³-hybridized carbons (Fsp3) is 0.529. The van der Waals surface area contributed by atoms with Crippen LogP contribution in [0.3, 0.4) is 0 Å². The van der Waals surface area contributed by atoms with Gasteiger partial charge < -0.3 is 10.0 Å². The van der Waals surface area contributed by atoms with Crippen molar-refractivity contribution >= 4 is 11.9 Å². The third-order valence-electron chi connectivity index (χ3n) is 4.93. The molecule has 21 heavy (non-hydrogen) atoms. The SMILES string of the molecule is CC1CCCN(C(=O)C2(c3ccccc3)CC2)C1C(=O)O. The second-order valence-corrected chi connectivity index (χ2v) is 6.35. The highest BCUT2D eigenvalue weighted by Gasteiger charge is 2.55. The summed E-state index contributed by atoms with van der Waals surface area (Å²) in [5.41, 5.74) is 0.559. The van der Waals surface area contributed by atoms with Crippen LogP contribution in [-0.4, -0.2) is 34.5 Å². The molecule has 1 N–H and O–H groups in total. The molecule has 2 fully saturated rings. The molecule has 4 nitrogen and oxygen atoms in total. The van der Waals surface area contributed by atoms with Crippen molar-refractivity contribution < 1.29 is 14.7 Å². The number of carboxylic acids is 1. The van der Waals surface area contributed by atoms with Gasteiger partial charge in [-0.25, -0.2) is 4.79 Å². The van der Waals surface area contributed by atoms with Gasteiger partial charge in [0.15, 0.2) is 0 Å². The number of hydrogen-bond acceptors (Lipinski definition) is 2. The van der Waals surface area contributed by atoms with Crippen LogP contribution < -0.4 is 0 Å². The third kappa shape index (κ3) is 2.33. The van der Waals surface area contributed by atoms with E-state index in [1.807, 2.05) is 37.3 Å². The zero-order valence-electron chi connectivity index (χ0n) is 12.3. The van der Waals surface area contributed by atoms with Crippen LogP contribution in [0, 0.1) is 5.92 Å². The van der Waals surface area contributed by atoms with E-state index in [1.165, 1.54) is 0 Å². The van der Waals surface area contributed by atoms with Crippen LogP contribution in [0.2, 0.25) is 0 Å². The maximum absolute atomic E-state index is 13.0. The molecule has 1 aliphatic carbocycles. The Hall–Kier alpha value is -1.84. The largest absolute Gasteiger partial charge is 0.480 e. The van der Waals surface area contributed by atoms with E-state index in [4.69, 9.17) is 0 Å². The second kappa shape index (κ2) is 5.17. The van der Waals surface area contributed by atoms with Crippen LogP contribution in [0.4, 0.5) is 0 Å². The number of nitrogens with zero attached hydrogens (tertiary/aromatic N) is 1. The minimum absolute atomic E-state index is 0.00708. The lowest BCUT2D eigenvalue weighted by atomic mass is 9.87. The van der Waals surface area contributed by atoms with Gasteiger partial charge in [0.2, 0.25) is 5.91 Å². The van der Waals surface area contributed by atoms with Gasteiger partial charge in [0.05, 0.1) is 5.41 Å². The fourth-order valence-electron chi connectivity index (χ4n) is 3.58. The summed E-state index contributed by atoms with van der Waals surface area (Å²) in [7, 11) is 0. The summed E-state index contributed by atoms with van der Waals surface area (Å²) in [6, 6.07) is 9.11. The van der Waals surface area contributed by atoms with Crippen molar-refractivity contribution in [3.63, 3.8) is 0 Å². The van der Waals surface area contributed by atoms with Gasteiger partial charge in [-0.1, -0.05) is 37.3 Å². The summed E-state index contributed by atoms with van der Waals surface area (Å²) in [6.45, 7) is 2.50. The first-order valence-corrected chi connectivity index (χ1v) is 7.66. The predicted molar refractivity (Wildman–Crippen MR) is 78.9 cm³/mol. The normalized spacial score (nSPS) is 27.2. The van der Waals surface area contributed by atoms with Gasteiger partial charge in [-0.15, -0.1) is 0 Å². The van der Waals surface area contributed by atoms with E-state index in [0.717, 1.165) is 31.2 Å². The Bertz CT molecular complexity index is 550. The maximum Gasteiger partial charge on any atom is 0.326 e. The lowest BCUT2D eigenvalue weighted by molar-refractivity contribution is -0.155. The van der Waals surface area contributed by atoms with Crippen LogP contribution in [0.15, 0.2) is 30.3 Å². The molecule has 4 heteroatoms. The molecule has 1 aliphatic heterocycles. The van der Waals surface area contributed by atoms with Crippen LogP contribution >= 0.6 is 0 Å². The van der Waals surface area contributed by atoms with Crippen LogP contribution in [0.1, 0.15) is 38.2 Å². The molecular weight excluding hydrogens is 266 g/mol. The Morgan fingerprint density at radius 2 is 1.90 bits per heavy atom. The second-order valence-electron chi connectivity index (χ2n) is 6.35. The summed E-state index contributed by atoms with van der Waals surface area (Å²) in [5.74, 6) is -0.848. The van der Waals surface area contributed by atoms with Gasteiger partial charge in [-0.3, -0.25) is 4.79 Å². The molecule has 112 valence electrons. The summed E-state index contributed by atoms with van der Waals surface area (Å²) in [5, 5.41) is 9.49. The average molecular weight is 287 g/mol. The third-order valence-corrected chi connectivity index (χ3v) is 4.93. The highest BCUT2D eigenvalue weighted by molar-refractivity contribution is 5.94. The Balaban J connectivity index is 1.89. The molecule has 1 amide bonds. The fourth-order valence-corrected chi connectivity index (χ4v) is 3.58. The van der Waals surface area contributed by atoms with Crippen LogP contribution in [-0.2, 0) is 15.0 Å². The van der Waals surface area contributed by atoms with Crippen LogP contribution in [0.5, 0.6) is 0 Å². The highest BCUT2D eigenvalue weighted by Crippen LogP contribution is 2.50. The molecule has 0 bridgehead atoms. The standard InChI is InChI=1S/C17H21NO3/c1-12-6-5-11-18(14(12)15(19)20)16(21)17(9-10-17)13-7-3-2-4-8-13/h2-4,7-8,12,14H,5-6,9-11H2,1H3,(H,19,20). The monoisotopic (exact) mass is 287 g/mol. The van der Waals surface area contributed by atoms with Crippen molar-refractivity contribution in [2.24, 2.45) is 5.92 Å². The van der Waals surface area contributed by atoms with Crippen molar-refractivity contribution in [3.05, 3.63) is 35.9 Å². The minimum atomic E-state index is -0.876. The number of carbonyl (C=O) groups is 2. The number of rotatable bonds is 3. The van der Waals surface area contributed by atoms with Crippen molar-refractivity contribution in [2.45, 2.75) is 44.1 Å². The number of carboxylic acid groups (broad SMARTS) is 1. The zero-order valence-corrected chi connectivity index (χ0v) is 12.3. The smallest absolute Gasteiger partial charge is 0.326 e. The minimum Gasteiger partial charge on any atom is -0.480 e. The van der Waals surface area contributed by atoms with Crippen LogP contribution in [0.25, 0.3) is 0 Å². The molecule has 0 spiro atoms. The Kier molecular flexibility index (Phi) is 3.47. The zero-order chi connectivity index (χ0) is 15.0. The molecule has 2 aliphatic rings. The molecule has 1 saturated carbocycles. The molecular formula is C17H21NO3. The first-order valence-electron chi connectivity index (χ1n) is 7.66. The number of likely N-dealkylation sites (tertiary alicyclic amines) is 1. The molecule has 3 rings (SSSR count). The molecule has 1 heterocycles. The van der Waals surface area contributed by atoms with Gasteiger partial charge in [-0.2, -0.15) is 0 Å². The highest BCUT2D eigenvalue weighted by atomic mass is 16.4. The summed E-state index contributed by atoms with van der Waals surface area (Å²) >= 11 is 0. The number of benzene rings is 1. The number of hydrogen-bond donors (Lipinski definition) is 1. The number of aliphatic carboxylic acids is 1. The van der Waals surface area contributed by atoms with E-state index < -0.39 is 17.4 Å². The molecule has 2 atom stereocenters. The number of carbonyl (C=O) groups excluding carboxylic acids is 1. The number of piperidine rings is 1. The van der Waals surface area contributed by atoms with E-state index in [0.29, 0.717) is 6.54 Å². The maximum atomic E-state index is 13.0. The van der Waals surface area contributed by atoms with E-state index >= 15 is 0 Å². The van der Waals surface area contributed by atoms with Gasteiger partial charge in [0, 0.05) is 6.54 Å². The Labute approximate surface area is 124 Å². The molecule has 1 saturated heterocycles. The lowest BCUT2D eigenvalue weighted by Crippen LogP contribution is -2.54. The van der Waals surface area contributed by atoms with E-state index in [2.05, 4.69) is 0 Å².